The van der Waals surface area contributed by atoms with Crippen LogP contribution in [0.25, 0.3) is 21.5 Å². The van der Waals surface area contributed by atoms with E-state index in [2.05, 4.69) is 39.8 Å². The molecule has 2 fully saturated rings. The summed E-state index contributed by atoms with van der Waals surface area (Å²) in [5.41, 5.74) is 2.26. The van der Waals surface area contributed by atoms with Crippen molar-refractivity contribution in [1.29, 1.82) is 0 Å². The number of hydrogen-bond donors (Lipinski definition) is 2. The summed E-state index contributed by atoms with van der Waals surface area (Å²) >= 11 is 0. The second-order valence-electron chi connectivity index (χ2n) is 9.62. The van der Waals surface area contributed by atoms with Gasteiger partial charge in [0.1, 0.15) is 0 Å². The molecule has 1 aromatic heterocycles. The highest BCUT2D eigenvalue weighted by Gasteiger charge is 2.54. The fourth-order valence-electron chi connectivity index (χ4n) is 5.86. The van der Waals surface area contributed by atoms with Gasteiger partial charge in [0.2, 0.25) is 5.91 Å². The van der Waals surface area contributed by atoms with Gasteiger partial charge in [-0.15, -0.1) is 0 Å². The molecule has 1 spiro atoms. The number of carbonyl (C=O) groups excluding carboxylic acids is 1. The molecule has 0 radical (unpaired) electrons. The van der Waals surface area contributed by atoms with Crippen LogP contribution in [0.3, 0.4) is 0 Å². The SMILES string of the molecule is O=C(Cc1ccc2ccccc2c1)NC1CC2(C1)CC(c1n[nH]c(=O)c3ccccc13)C2. The number of benzene rings is 3. The smallest absolute Gasteiger partial charge is 0.272 e. The molecule has 0 bridgehead atoms. The number of amides is 1. The minimum Gasteiger partial charge on any atom is -0.353 e. The average molecular weight is 424 g/mol. The number of carbonyl (C=O) groups is 1. The lowest BCUT2D eigenvalue weighted by Gasteiger charge is -2.57. The topological polar surface area (TPSA) is 74.8 Å². The van der Waals surface area contributed by atoms with Crippen molar-refractivity contribution in [3.05, 3.63) is 88.3 Å². The molecule has 2 saturated carbocycles. The third kappa shape index (κ3) is 3.29. The van der Waals surface area contributed by atoms with Crippen LogP contribution in [0.5, 0.6) is 0 Å². The van der Waals surface area contributed by atoms with Gasteiger partial charge in [0.05, 0.1) is 17.5 Å². The van der Waals surface area contributed by atoms with Crippen molar-refractivity contribution >= 4 is 27.5 Å². The summed E-state index contributed by atoms with van der Waals surface area (Å²) in [7, 11) is 0. The summed E-state index contributed by atoms with van der Waals surface area (Å²) in [6.07, 6.45) is 4.65. The molecule has 6 rings (SSSR count). The maximum absolute atomic E-state index is 12.6. The Kier molecular flexibility index (Phi) is 4.39. The molecule has 160 valence electrons. The molecule has 0 saturated heterocycles. The van der Waals surface area contributed by atoms with Crippen LogP contribution in [0.15, 0.2) is 71.5 Å². The molecule has 0 unspecified atom stereocenters. The maximum atomic E-state index is 12.6. The van der Waals surface area contributed by atoms with Gasteiger partial charge in [-0.25, -0.2) is 5.10 Å². The molecule has 3 aromatic carbocycles. The van der Waals surface area contributed by atoms with Gasteiger partial charge in [-0.2, -0.15) is 5.10 Å². The highest BCUT2D eigenvalue weighted by molar-refractivity contribution is 5.86. The molecule has 4 aromatic rings. The standard InChI is InChI=1S/C27H25N3O2/c31-24(12-17-9-10-18-5-1-2-6-19(18)11-17)28-21-15-27(16-21)13-20(14-27)25-22-7-3-4-8-23(22)26(32)30-29-25/h1-11,20-21H,12-16H2,(H,28,31)(H,30,32). The molecular weight excluding hydrogens is 398 g/mol. The first-order chi connectivity index (χ1) is 15.6. The van der Waals surface area contributed by atoms with E-state index in [-0.39, 0.29) is 17.5 Å². The van der Waals surface area contributed by atoms with Crippen molar-refractivity contribution in [2.24, 2.45) is 5.41 Å². The Morgan fingerprint density at radius 3 is 2.47 bits per heavy atom. The predicted molar refractivity (Wildman–Crippen MR) is 126 cm³/mol. The first kappa shape index (κ1) is 19.2. The van der Waals surface area contributed by atoms with E-state index in [1.165, 1.54) is 10.8 Å². The number of fused-ring (bicyclic) bond motifs is 2. The van der Waals surface area contributed by atoms with E-state index >= 15 is 0 Å². The maximum Gasteiger partial charge on any atom is 0.272 e. The van der Waals surface area contributed by atoms with E-state index in [1.54, 1.807) is 0 Å². The van der Waals surface area contributed by atoms with Crippen LogP contribution in [0.2, 0.25) is 0 Å². The summed E-state index contributed by atoms with van der Waals surface area (Å²) in [4.78, 5) is 24.6. The van der Waals surface area contributed by atoms with Gasteiger partial charge in [0, 0.05) is 17.3 Å². The van der Waals surface area contributed by atoms with Crippen LogP contribution in [0.1, 0.15) is 42.9 Å². The summed E-state index contributed by atoms with van der Waals surface area (Å²) < 4.78 is 0. The monoisotopic (exact) mass is 423 g/mol. The summed E-state index contributed by atoms with van der Waals surface area (Å²) in [5, 5.41) is 14.3. The van der Waals surface area contributed by atoms with Crippen LogP contribution in [0.4, 0.5) is 0 Å². The van der Waals surface area contributed by atoms with Crippen molar-refractivity contribution in [3.8, 4) is 0 Å². The van der Waals surface area contributed by atoms with Crippen molar-refractivity contribution in [3.63, 3.8) is 0 Å². The molecule has 1 heterocycles. The lowest BCUT2D eigenvalue weighted by Crippen LogP contribution is -2.56. The summed E-state index contributed by atoms with van der Waals surface area (Å²) in [6, 6.07) is 22.4. The molecule has 0 atom stereocenters. The third-order valence-electron chi connectivity index (χ3n) is 7.37. The molecule has 0 aliphatic heterocycles. The first-order valence-electron chi connectivity index (χ1n) is 11.3. The molecule has 2 N–H and O–H groups in total. The number of aromatic nitrogens is 2. The molecule has 1 amide bonds. The number of nitrogens with one attached hydrogen (secondary N) is 2. The summed E-state index contributed by atoms with van der Waals surface area (Å²) in [5.74, 6) is 0.482. The van der Waals surface area contributed by atoms with Crippen molar-refractivity contribution < 1.29 is 4.79 Å². The van der Waals surface area contributed by atoms with Gasteiger partial charge in [0.25, 0.3) is 5.56 Å². The summed E-state index contributed by atoms with van der Waals surface area (Å²) in [6.45, 7) is 0. The van der Waals surface area contributed by atoms with Crippen molar-refractivity contribution in [2.75, 3.05) is 0 Å². The molecular formula is C27H25N3O2. The Hall–Kier alpha value is -3.47. The van der Waals surface area contributed by atoms with Crippen LogP contribution in [0, 0.1) is 5.41 Å². The fraction of sp³-hybridized carbons (Fsp3) is 0.296. The van der Waals surface area contributed by atoms with Crippen LogP contribution >= 0.6 is 0 Å². The zero-order valence-corrected chi connectivity index (χ0v) is 17.8. The molecule has 5 heteroatoms. The zero-order valence-electron chi connectivity index (χ0n) is 17.8. The van der Waals surface area contributed by atoms with Crippen LogP contribution < -0.4 is 10.9 Å². The van der Waals surface area contributed by atoms with Gasteiger partial charge in [-0.1, -0.05) is 60.7 Å². The van der Waals surface area contributed by atoms with Gasteiger partial charge < -0.3 is 5.32 Å². The largest absolute Gasteiger partial charge is 0.353 e. The number of hydrogen-bond acceptors (Lipinski definition) is 3. The van der Waals surface area contributed by atoms with Crippen LogP contribution in [-0.2, 0) is 11.2 Å². The van der Waals surface area contributed by atoms with Gasteiger partial charge in [0.15, 0.2) is 0 Å². The molecule has 5 nitrogen and oxygen atoms in total. The van der Waals surface area contributed by atoms with Crippen molar-refractivity contribution in [1.82, 2.24) is 15.5 Å². The minimum atomic E-state index is -0.128. The fourth-order valence-corrected chi connectivity index (χ4v) is 5.86. The second-order valence-corrected chi connectivity index (χ2v) is 9.62. The second kappa shape index (κ2) is 7.30. The average Bonchev–Trinajstić information content (AvgIpc) is 2.75. The predicted octanol–water partition coefficient (Wildman–Crippen LogP) is 4.46. The van der Waals surface area contributed by atoms with E-state index < -0.39 is 0 Å². The lowest BCUT2D eigenvalue weighted by molar-refractivity contribution is -0.124. The van der Waals surface area contributed by atoms with Gasteiger partial charge in [-0.3, -0.25) is 9.59 Å². The molecule has 2 aliphatic carbocycles. The highest BCUT2D eigenvalue weighted by atomic mass is 16.1. The minimum absolute atomic E-state index is 0.101. The normalized spacial score (nSPS) is 24.2. The van der Waals surface area contributed by atoms with E-state index in [4.69, 9.17) is 0 Å². The molecule has 32 heavy (non-hydrogen) atoms. The number of rotatable bonds is 4. The van der Waals surface area contributed by atoms with E-state index in [9.17, 15) is 9.59 Å². The Morgan fingerprint density at radius 2 is 1.66 bits per heavy atom. The third-order valence-corrected chi connectivity index (χ3v) is 7.37. The zero-order chi connectivity index (χ0) is 21.7. The Balaban J connectivity index is 1.05. The Bertz CT molecular complexity index is 1390. The number of aromatic amines is 1. The highest BCUT2D eigenvalue weighted by Crippen LogP contribution is 2.62. The molecule has 2 aliphatic rings. The number of nitrogens with zero attached hydrogens (tertiary/aromatic N) is 1. The Labute approximate surface area is 185 Å². The van der Waals surface area contributed by atoms with Gasteiger partial charge in [-0.05, 0) is 53.5 Å². The van der Waals surface area contributed by atoms with Crippen LogP contribution in [-0.4, -0.2) is 22.1 Å². The van der Waals surface area contributed by atoms with Gasteiger partial charge >= 0.3 is 0 Å². The van der Waals surface area contributed by atoms with Crippen molar-refractivity contribution in [2.45, 2.75) is 44.1 Å². The van der Waals surface area contributed by atoms with E-state index in [0.29, 0.717) is 23.1 Å². The Morgan fingerprint density at radius 1 is 0.938 bits per heavy atom. The number of H-pyrrole nitrogens is 1. The lowest BCUT2D eigenvalue weighted by atomic mass is 9.49. The van der Waals surface area contributed by atoms with E-state index in [1.807, 2.05) is 42.5 Å². The first-order valence-corrected chi connectivity index (χ1v) is 11.3. The quantitative estimate of drug-likeness (QED) is 0.509. The van der Waals surface area contributed by atoms with E-state index in [0.717, 1.165) is 42.3 Å².